The Morgan fingerprint density at radius 2 is 1.66 bits per heavy atom. The van der Waals surface area contributed by atoms with Gasteiger partial charge in [0.2, 0.25) is 15.9 Å². The second kappa shape index (κ2) is 9.51. The molecule has 10 heteroatoms. The van der Waals surface area contributed by atoms with E-state index in [1.54, 1.807) is 24.3 Å². The van der Waals surface area contributed by atoms with Crippen LogP contribution in [0.25, 0.3) is 0 Å². The van der Waals surface area contributed by atoms with Crippen LogP contribution in [0.4, 0.5) is 5.69 Å². The summed E-state index contributed by atoms with van der Waals surface area (Å²) in [6.45, 7) is 3.22. The third-order valence-electron chi connectivity index (χ3n) is 5.56. The number of para-hydroxylation sites is 1. The molecule has 1 fully saturated rings. The SMILES string of the molecule is CCS(=O)(=O)c1ccccc1NC(=O)C1CCN(S(=O)(=O)c2cccc(C(C)=O)c2)CC1. The van der Waals surface area contributed by atoms with Crippen molar-refractivity contribution < 1.29 is 26.4 Å². The quantitative estimate of drug-likeness (QED) is 0.612. The fourth-order valence-electron chi connectivity index (χ4n) is 3.61. The van der Waals surface area contributed by atoms with Crippen LogP contribution in [0.1, 0.15) is 37.0 Å². The first kappa shape index (κ1) is 24.1. The van der Waals surface area contributed by atoms with Crippen LogP contribution in [-0.4, -0.2) is 51.7 Å². The minimum Gasteiger partial charge on any atom is -0.325 e. The number of benzene rings is 2. The molecule has 2 aromatic rings. The summed E-state index contributed by atoms with van der Waals surface area (Å²) in [6, 6.07) is 12.2. The minimum absolute atomic E-state index is 0.0480. The monoisotopic (exact) mass is 478 g/mol. The molecule has 0 atom stereocenters. The third-order valence-corrected chi connectivity index (χ3v) is 9.24. The lowest BCUT2D eigenvalue weighted by Crippen LogP contribution is -2.41. The van der Waals surface area contributed by atoms with Gasteiger partial charge in [0.15, 0.2) is 15.6 Å². The van der Waals surface area contributed by atoms with E-state index in [0.29, 0.717) is 18.4 Å². The number of nitrogens with one attached hydrogen (secondary N) is 1. The lowest BCUT2D eigenvalue weighted by Gasteiger charge is -2.30. The number of sulfonamides is 1. The highest BCUT2D eigenvalue weighted by Crippen LogP contribution is 2.27. The second-order valence-electron chi connectivity index (χ2n) is 7.65. The number of rotatable bonds is 7. The van der Waals surface area contributed by atoms with E-state index in [-0.39, 0.29) is 46.0 Å². The molecule has 0 radical (unpaired) electrons. The van der Waals surface area contributed by atoms with E-state index in [2.05, 4.69) is 5.32 Å². The molecule has 0 saturated carbocycles. The van der Waals surface area contributed by atoms with E-state index in [4.69, 9.17) is 0 Å². The van der Waals surface area contributed by atoms with E-state index in [1.807, 2.05) is 0 Å². The molecule has 2 aromatic carbocycles. The summed E-state index contributed by atoms with van der Waals surface area (Å²) in [5, 5.41) is 2.70. The van der Waals surface area contributed by atoms with Gasteiger partial charge >= 0.3 is 0 Å². The molecule has 1 amide bonds. The highest BCUT2D eigenvalue weighted by atomic mass is 32.2. The molecule has 32 heavy (non-hydrogen) atoms. The van der Waals surface area contributed by atoms with E-state index < -0.39 is 25.8 Å². The Morgan fingerprint density at radius 3 is 2.28 bits per heavy atom. The van der Waals surface area contributed by atoms with Gasteiger partial charge in [-0.05, 0) is 44.0 Å². The van der Waals surface area contributed by atoms with Crippen LogP contribution in [0.5, 0.6) is 0 Å². The summed E-state index contributed by atoms with van der Waals surface area (Å²) < 4.78 is 51.8. The molecule has 1 aliphatic heterocycles. The smallest absolute Gasteiger partial charge is 0.243 e. The van der Waals surface area contributed by atoms with Crippen molar-refractivity contribution in [1.82, 2.24) is 4.31 Å². The zero-order chi connectivity index (χ0) is 23.5. The number of ketones is 1. The summed E-state index contributed by atoms with van der Waals surface area (Å²) in [5.41, 5.74) is 0.552. The fourth-order valence-corrected chi connectivity index (χ4v) is 6.18. The highest BCUT2D eigenvalue weighted by molar-refractivity contribution is 7.91. The standard InChI is InChI=1S/C22H26N2O6S2/c1-3-31(27,28)21-10-5-4-9-20(21)23-22(26)17-11-13-24(14-12-17)32(29,30)19-8-6-7-18(15-19)16(2)25/h4-10,15,17H,3,11-14H2,1-2H3,(H,23,26). The average molecular weight is 479 g/mol. The normalized spacial score (nSPS) is 15.9. The Labute approximate surface area is 188 Å². The Kier molecular flexibility index (Phi) is 7.16. The fraction of sp³-hybridized carbons (Fsp3) is 0.364. The van der Waals surface area contributed by atoms with Crippen molar-refractivity contribution in [2.45, 2.75) is 36.5 Å². The summed E-state index contributed by atoms with van der Waals surface area (Å²) in [4.78, 5) is 24.5. The van der Waals surface area contributed by atoms with Gasteiger partial charge in [-0.25, -0.2) is 16.8 Å². The summed E-state index contributed by atoms with van der Waals surface area (Å²) in [7, 11) is -7.29. The molecule has 0 spiro atoms. The Bertz CT molecular complexity index is 1230. The lowest BCUT2D eigenvalue weighted by molar-refractivity contribution is -0.120. The first-order chi connectivity index (χ1) is 15.1. The largest absolute Gasteiger partial charge is 0.325 e. The van der Waals surface area contributed by atoms with E-state index >= 15 is 0 Å². The number of nitrogens with zero attached hydrogens (tertiary/aromatic N) is 1. The van der Waals surface area contributed by atoms with Gasteiger partial charge in [0.1, 0.15) is 0 Å². The Balaban J connectivity index is 1.70. The third kappa shape index (κ3) is 5.08. The highest BCUT2D eigenvalue weighted by Gasteiger charge is 2.32. The maximum absolute atomic E-state index is 13.0. The minimum atomic E-state index is -3.79. The predicted octanol–water partition coefficient (Wildman–Crippen LogP) is 2.72. The molecule has 0 unspecified atom stereocenters. The zero-order valence-electron chi connectivity index (χ0n) is 17.9. The number of sulfone groups is 1. The zero-order valence-corrected chi connectivity index (χ0v) is 19.6. The molecule has 0 aliphatic carbocycles. The van der Waals surface area contributed by atoms with E-state index in [9.17, 15) is 26.4 Å². The van der Waals surface area contributed by atoms with Crippen LogP contribution in [0.15, 0.2) is 58.3 Å². The molecule has 3 rings (SSSR count). The number of hydrogen-bond acceptors (Lipinski definition) is 6. The molecule has 1 aliphatic rings. The van der Waals surface area contributed by atoms with Gasteiger partial charge in [-0.2, -0.15) is 4.31 Å². The van der Waals surface area contributed by atoms with Crippen LogP contribution in [-0.2, 0) is 24.7 Å². The van der Waals surface area contributed by atoms with Crippen LogP contribution >= 0.6 is 0 Å². The van der Waals surface area contributed by atoms with Crippen molar-refractivity contribution in [1.29, 1.82) is 0 Å². The first-order valence-electron chi connectivity index (χ1n) is 10.3. The van der Waals surface area contributed by atoms with Crippen LogP contribution < -0.4 is 5.32 Å². The van der Waals surface area contributed by atoms with Crippen LogP contribution in [0.3, 0.4) is 0 Å². The van der Waals surface area contributed by atoms with Gasteiger partial charge in [0.25, 0.3) is 0 Å². The molecule has 0 aromatic heterocycles. The summed E-state index contributed by atoms with van der Waals surface area (Å²) >= 11 is 0. The maximum atomic E-state index is 13.0. The summed E-state index contributed by atoms with van der Waals surface area (Å²) in [5.74, 6) is -1.08. The molecular formula is C22H26N2O6S2. The molecular weight excluding hydrogens is 452 g/mol. The van der Waals surface area contributed by atoms with Crippen molar-refractivity contribution in [2.75, 3.05) is 24.2 Å². The van der Waals surface area contributed by atoms with Crippen molar-refractivity contribution in [2.24, 2.45) is 5.92 Å². The second-order valence-corrected chi connectivity index (χ2v) is 11.8. The molecule has 1 heterocycles. The number of amides is 1. The van der Waals surface area contributed by atoms with Crippen LogP contribution in [0.2, 0.25) is 0 Å². The molecule has 0 bridgehead atoms. The molecule has 8 nitrogen and oxygen atoms in total. The van der Waals surface area contributed by atoms with E-state index in [0.717, 1.165) is 0 Å². The van der Waals surface area contributed by atoms with Crippen molar-refractivity contribution >= 4 is 37.2 Å². The number of piperidine rings is 1. The van der Waals surface area contributed by atoms with Crippen molar-refractivity contribution in [3.63, 3.8) is 0 Å². The van der Waals surface area contributed by atoms with Gasteiger partial charge in [0.05, 0.1) is 21.2 Å². The van der Waals surface area contributed by atoms with Gasteiger partial charge in [-0.3, -0.25) is 9.59 Å². The number of anilines is 1. The lowest BCUT2D eigenvalue weighted by atomic mass is 9.97. The van der Waals surface area contributed by atoms with Gasteiger partial charge in [-0.15, -0.1) is 0 Å². The predicted molar refractivity (Wildman–Crippen MR) is 121 cm³/mol. The van der Waals surface area contributed by atoms with Crippen molar-refractivity contribution in [3.05, 3.63) is 54.1 Å². The van der Waals surface area contributed by atoms with Gasteiger partial charge < -0.3 is 5.32 Å². The van der Waals surface area contributed by atoms with Crippen molar-refractivity contribution in [3.8, 4) is 0 Å². The van der Waals surface area contributed by atoms with E-state index in [1.165, 1.54) is 42.4 Å². The molecule has 1 N–H and O–H groups in total. The Morgan fingerprint density at radius 1 is 1.00 bits per heavy atom. The average Bonchev–Trinajstić information content (AvgIpc) is 2.79. The topological polar surface area (TPSA) is 118 Å². The van der Waals surface area contributed by atoms with Gasteiger partial charge in [0, 0.05) is 24.6 Å². The number of Topliss-reactive ketones (excluding diaryl/α,β-unsaturated/α-hetero) is 1. The Hall–Kier alpha value is -2.56. The summed E-state index contributed by atoms with van der Waals surface area (Å²) in [6.07, 6.45) is 0.611. The van der Waals surface area contributed by atoms with Crippen LogP contribution in [0, 0.1) is 5.92 Å². The number of carbonyl (C=O) groups is 2. The number of carbonyl (C=O) groups excluding carboxylic acids is 2. The first-order valence-corrected chi connectivity index (χ1v) is 13.4. The van der Waals surface area contributed by atoms with Gasteiger partial charge in [-0.1, -0.05) is 31.2 Å². The molecule has 172 valence electrons. The molecule has 1 saturated heterocycles. The number of hydrogen-bond donors (Lipinski definition) is 1. The maximum Gasteiger partial charge on any atom is 0.243 e.